The average Bonchev–Trinajstić information content (AvgIpc) is 3.04. The first-order valence-electron chi connectivity index (χ1n) is 9.79. The van der Waals surface area contributed by atoms with Crippen molar-refractivity contribution < 1.29 is 32.7 Å². The van der Waals surface area contributed by atoms with Gasteiger partial charge in [-0.1, -0.05) is 30.3 Å². The molecule has 0 saturated heterocycles. The van der Waals surface area contributed by atoms with Gasteiger partial charge in [-0.15, -0.1) is 0 Å². The molecule has 0 spiro atoms. The van der Waals surface area contributed by atoms with Crippen LogP contribution in [0.15, 0.2) is 66.7 Å². The predicted octanol–water partition coefficient (Wildman–Crippen LogP) is 3.56. The number of benzene rings is 3. The molecule has 3 aromatic rings. The van der Waals surface area contributed by atoms with Gasteiger partial charge in [-0.05, 0) is 35.9 Å². The lowest BCUT2D eigenvalue weighted by Gasteiger charge is -2.13. The average molecular weight is 450 g/mol. The van der Waals surface area contributed by atoms with Crippen molar-refractivity contribution in [2.75, 3.05) is 11.9 Å². The Hall–Kier alpha value is -4.40. The Morgan fingerprint density at radius 2 is 1.61 bits per heavy atom. The van der Waals surface area contributed by atoms with Crippen molar-refractivity contribution in [2.45, 2.75) is 6.54 Å². The molecule has 0 aliphatic carbocycles. The van der Waals surface area contributed by atoms with Crippen molar-refractivity contribution in [3.8, 4) is 0 Å². The molecule has 4 rings (SSSR count). The second-order valence-electron chi connectivity index (χ2n) is 7.19. The van der Waals surface area contributed by atoms with Gasteiger partial charge in [0, 0.05) is 6.07 Å². The molecule has 3 amide bonds. The highest BCUT2D eigenvalue weighted by Crippen LogP contribution is 2.26. The van der Waals surface area contributed by atoms with Gasteiger partial charge >= 0.3 is 5.97 Å². The van der Waals surface area contributed by atoms with Gasteiger partial charge in [0.15, 0.2) is 6.61 Å². The molecular weight excluding hydrogens is 434 g/mol. The van der Waals surface area contributed by atoms with E-state index in [2.05, 4.69) is 5.32 Å². The topological polar surface area (TPSA) is 92.8 Å². The van der Waals surface area contributed by atoms with Crippen molar-refractivity contribution in [3.05, 3.63) is 101 Å². The quantitative estimate of drug-likeness (QED) is 0.458. The predicted molar refractivity (Wildman–Crippen MR) is 112 cm³/mol. The van der Waals surface area contributed by atoms with Crippen LogP contribution in [0.5, 0.6) is 0 Å². The summed E-state index contributed by atoms with van der Waals surface area (Å²) in [4.78, 5) is 50.7. The van der Waals surface area contributed by atoms with E-state index in [-0.39, 0.29) is 28.9 Å². The van der Waals surface area contributed by atoms with Gasteiger partial charge in [-0.2, -0.15) is 0 Å². The van der Waals surface area contributed by atoms with Crippen LogP contribution < -0.4 is 5.32 Å². The van der Waals surface area contributed by atoms with Crippen molar-refractivity contribution in [1.29, 1.82) is 0 Å². The molecule has 1 N–H and O–H groups in total. The van der Waals surface area contributed by atoms with Crippen molar-refractivity contribution >= 4 is 29.4 Å². The smallest absolute Gasteiger partial charge is 0.338 e. The number of anilines is 1. The molecule has 1 aliphatic rings. The fraction of sp³-hybridized carbons (Fsp3) is 0.0833. The number of halogens is 2. The van der Waals surface area contributed by atoms with E-state index in [1.165, 1.54) is 18.2 Å². The lowest BCUT2D eigenvalue weighted by Crippen LogP contribution is -2.29. The van der Waals surface area contributed by atoms with Gasteiger partial charge < -0.3 is 10.1 Å². The number of imide groups is 1. The van der Waals surface area contributed by atoms with Gasteiger partial charge in [0.1, 0.15) is 11.6 Å². The summed E-state index contributed by atoms with van der Waals surface area (Å²) in [5.41, 5.74) is 0.699. The molecule has 0 saturated carbocycles. The molecule has 0 fully saturated rings. The Bertz CT molecular complexity index is 1280. The summed E-state index contributed by atoms with van der Waals surface area (Å²) >= 11 is 0. The minimum absolute atomic E-state index is 0.0303. The number of amides is 3. The molecule has 1 heterocycles. The number of carbonyl (C=O) groups is 4. The zero-order chi connectivity index (χ0) is 23.5. The lowest BCUT2D eigenvalue weighted by atomic mass is 10.1. The van der Waals surface area contributed by atoms with Gasteiger partial charge in [-0.25, -0.2) is 13.6 Å². The third kappa shape index (κ3) is 4.62. The van der Waals surface area contributed by atoms with Gasteiger partial charge in [0.05, 0.1) is 28.9 Å². The van der Waals surface area contributed by atoms with E-state index in [0.29, 0.717) is 6.07 Å². The van der Waals surface area contributed by atoms with Gasteiger partial charge in [0.25, 0.3) is 17.7 Å². The van der Waals surface area contributed by atoms with Crippen LogP contribution in [-0.4, -0.2) is 35.2 Å². The van der Waals surface area contributed by atoms with E-state index in [1.807, 2.05) is 6.07 Å². The highest BCUT2D eigenvalue weighted by Gasteiger charge is 2.36. The summed E-state index contributed by atoms with van der Waals surface area (Å²) in [6.45, 7) is -0.646. The maximum atomic E-state index is 13.6. The van der Waals surface area contributed by atoms with Crippen LogP contribution in [0.1, 0.15) is 36.6 Å². The van der Waals surface area contributed by atoms with E-state index in [9.17, 15) is 28.0 Å². The number of carbonyl (C=O) groups excluding carboxylic acids is 4. The first-order chi connectivity index (χ1) is 15.8. The second-order valence-corrected chi connectivity index (χ2v) is 7.19. The Kier molecular flexibility index (Phi) is 5.95. The summed E-state index contributed by atoms with van der Waals surface area (Å²) in [5.74, 6) is -4.54. The van der Waals surface area contributed by atoms with Crippen molar-refractivity contribution in [2.24, 2.45) is 0 Å². The largest absolute Gasteiger partial charge is 0.452 e. The number of rotatable bonds is 6. The van der Waals surface area contributed by atoms with E-state index in [4.69, 9.17) is 4.74 Å². The molecule has 33 heavy (non-hydrogen) atoms. The molecule has 3 aromatic carbocycles. The number of ether oxygens (including phenoxy) is 1. The molecule has 0 unspecified atom stereocenters. The standard InChI is InChI=1S/C24H16F2N2O5/c25-16-7-9-20(19(26)11-16)27-21(29)13-33-24(32)15-6-8-17-18(10-15)23(31)28(22(17)30)12-14-4-2-1-3-5-14/h1-11H,12-13H2,(H,27,29). The number of fused-ring (bicyclic) bond motifs is 1. The molecule has 1 aliphatic heterocycles. The van der Waals surface area contributed by atoms with E-state index in [1.54, 1.807) is 24.3 Å². The van der Waals surface area contributed by atoms with Crippen LogP contribution in [-0.2, 0) is 16.1 Å². The number of esters is 1. The van der Waals surface area contributed by atoms with Crippen LogP contribution in [0.2, 0.25) is 0 Å². The number of hydrogen-bond donors (Lipinski definition) is 1. The summed E-state index contributed by atoms with van der Waals surface area (Å²) < 4.78 is 31.5. The Labute approximate surface area is 186 Å². The molecule has 0 aromatic heterocycles. The molecule has 0 bridgehead atoms. The summed E-state index contributed by atoms with van der Waals surface area (Å²) in [6, 6.07) is 15.5. The molecule has 0 atom stereocenters. The molecule has 0 radical (unpaired) electrons. The normalized spacial score (nSPS) is 12.5. The van der Waals surface area contributed by atoms with Crippen LogP contribution in [0.25, 0.3) is 0 Å². The number of nitrogens with zero attached hydrogens (tertiary/aromatic N) is 1. The molecular formula is C24H16F2N2O5. The fourth-order valence-corrected chi connectivity index (χ4v) is 3.32. The maximum absolute atomic E-state index is 13.6. The van der Waals surface area contributed by atoms with Gasteiger partial charge in [0.2, 0.25) is 0 Å². The molecule has 9 heteroatoms. The Balaban J connectivity index is 1.41. The van der Waals surface area contributed by atoms with Crippen LogP contribution >= 0.6 is 0 Å². The Morgan fingerprint density at radius 3 is 2.33 bits per heavy atom. The molecule has 7 nitrogen and oxygen atoms in total. The maximum Gasteiger partial charge on any atom is 0.338 e. The van der Waals surface area contributed by atoms with Gasteiger partial charge in [-0.3, -0.25) is 19.3 Å². The fourth-order valence-electron chi connectivity index (χ4n) is 3.32. The van der Waals surface area contributed by atoms with E-state index in [0.717, 1.165) is 22.6 Å². The summed E-state index contributed by atoms with van der Waals surface area (Å²) in [5, 5.41) is 2.16. The van der Waals surface area contributed by atoms with Crippen LogP contribution in [0.4, 0.5) is 14.5 Å². The van der Waals surface area contributed by atoms with Crippen LogP contribution in [0.3, 0.4) is 0 Å². The van der Waals surface area contributed by atoms with Crippen molar-refractivity contribution in [3.63, 3.8) is 0 Å². The SMILES string of the molecule is O=C(COC(=O)c1ccc2c(c1)C(=O)N(Cc1ccccc1)C2=O)Nc1ccc(F)cc1F. The minimum atomic E-state index is -0.975. The highest BCUT2D eigenvalue weighted by molar-refractivity contribution is 6.21. The Morgan fingerprint density at radius 1 is 0.879 bits per heavy atom. The summed E-state index contributed by atoms with van der Waals surface area (Å²) in [7, 11) is 0. The number of nitrogens with one attached hydrogen (secondary N) is 1. The van der Waals surface area contributed by atoms with Crippen LogP contribution in [0, 0.1) is 11.6 Å². The first kappa shape index (κ1) is 21.8. The minimum Gasteiger partial charge on any atom is -0.452 e. The monoisotopic (exact) mass is 450 g/mol. The zero-order valence-electron chi connectivity index (χ0n) is 17.0. The van der Waals surface area contributed by atoms with Crippen molar-refractivity contribution in [1.82, 2.24) is 4.90 Å². The third-order valence-corrected chi connectivity index (χ3v) is 4.93. The lowest BCUT2D eigenvalue weighted by molar-refractivity contribution is -0.119. The van der Waals surface area contributed by atoms with E-state index >= 15 is 0 Å². The number of hydrogen-bond acceptors (Lipinski definition) is 5. The van der Waals surface area contributed by atoms with E-state index < -0.39 is 41.9 Å². The second kappa shape index (κ2) is 8.99. The highest BCUT2D eigenvalue weighted by atomic mass is 19.1. The summed E-state index contributed by atoms with van der Waals surface area (Å²) in [6.07, 6.45) is 0. The first-order valence-corrected chi connectivity index (χ1v) is 9.79. The molecule has 166 valence electrons. The zero-order valence-corrected chi connectivity index (χ0v) is 17.0. The third-order valence-electron chi connectivity index (χ3n) is 4.93.